The van der Waals surface area contributed by atoms with E-state index in [9.17, 15) is 0 Å². The quantitative estimate of drug-likeness (QED) is 0.472. The van der Waals surface area contributed by atoms with Crippen LogP contribution in [0.15, 0.2) is 0 Å². The summed E-state index contributed by atoms with van der Waals surface area (Å²) in [6, 6.07) is 0. The van der Waals surface area contributed by atoms with Crippen LogP contribution in [0.1, 0.15) is 90.9 Å². The molecule has 0 N–H and O–H groups in total. The molecule has 0 nitrogen and oxygen atoms in total. The molecule has 0 radical (unpaired) electrons. The Morgan fingerprint density at radius 2 is 1.28 bits per heavy atom. The minimum absolute atomic E-state index is 1.10. The van der Waals surface area contributed by atoms with Crippen LogP contribution in [0.4, 0.5) is 0 Å². The summed E-state index contributed by atoms with van der Waals surface area (Å²) in [5, 5.41) is 0. The molecule has 0 aromatic heterocycles. The normalized spacial score (nSPS) is 35.7. The minimum Gasteiger partial charge on any atom is -0.0654 e. The monoisotopic (exact) mass is 250 g/mol. The van der Waals surface area contributed by atoms with E-state index >= 15 is 0 Å². The van der Waals surface area contributed by atoms with Crippen molar-refractivity contribution >= 4 is 0 Å². The Bertz CT molecular complexity index is 220. The van der Waals surface area contributed by atoms with Gasteiger partial charge in [-0.2, -0.15) is 0 Å². The Hall–Kier alpha value is 0. The van der Waals surface area contributed by atoms with E-state index in [1.165, 1.54) is 44.9 Å². The van der Waals surface area contributed by atoms with E-state index in [1.807, 2.05) is 0 Å². The first-order valence-electron chi connectivity index (χ1n) is 8.85. The van der Waals surface area contributed by atoms with E-state index in [0.717, 1.165) is 23.7 Å². The van der Waals surface area contributed by atoms with Crippen molar-refractivity contribution in [1.29, 1.82) is 0 Å². The lowest BCUT2D eigenvalue weighted by atomic mass is 9.66. The van der Waals surface area contributed by atoms with Crippen LogP contribution in [0, 0.1) is 23.7 Å². The maximum Gasteiger partial charge on any atom is -0.0383 e. The molecular weight excluding hydrogens is 216 g/mol. The Labute approximate surface area is 115 Å². The largest absolute Gasteiger partial charge is 0.0654 e. The first kappa shape index (κ1) is 14.4. The number of fused-ring (bicyclic) bond motifs is 1. The van der Waals surface area contributed by atoms with Gasteiger partial charge in [-0.25, -0.2) is 0 Å². The summed E-state index contributed by atoms with van der Waals surface area (Å²) in [7, 11) is 0. The second kappa shape index (κ2) is 7.56. The van der Waals surface area contributed by atoms with E-state index in [4.69, 9.17) is 0 Å². The van der Waals surface area contributed by atoms with Crippen LogP contribution in [-0.2, 0) is 0 Å². The van der Waals surface area contributed by atoms with Gasteiger partial charge in [0.2, 0.25) is 0 Å². The van der Waals surface area contributed by atoms with Crippen LogP contribution in [0.3, 0.4) is 0 Å². The van der Waals surface area contributed by atoms with Crippen molar-refractivity contribution < 1.29 is 0 Å². The highest BCUT2D eigenvalue weighted by Gasteiger charge is 2.38. The van der Waals surface area contributed by atoms with Gasteiger partial charge in [0.05, 0.1) is 0 Å². The molecule has 0 heteroatoms. The first-order valence-corrected chi connectivity index (χ1v) is 8.85. The zero-order valence-electron chi connectivity index (χ0n) is 12.8. The highest BCUT2D eigenvalue weighted by molar-refractivity contribution is 4.89. The fraction of sp³-hybridized carbons (Fsp3) is 1.00. The summed E-state index contributed by atoms with van der Waals surface area (Å²) in [5.41, 5.74) is 0. The molecule has 2 fully saturated rings. The highest BCUT2D eigenvalue weighted by atomic mass is 14.4. The van der Waals surface area contributed by atoms with Crippen LogP contribution >= 0.6 is 0 Å². The van der Waals surface area contributed by atoms with Crippen molar-refractivity contribution in [2.75, 3.05) is 0 Å². The Kier molecular flexibility index (Phi) is 6.05. The number of hydrogen-bond acceptors (Lipinski definition) is 0. The second-order valence-corrected chi connectivity index (χ2v) is 7.08. The lowest BCUT2D eigenvalue weighted by Gasteiger charge is -2.39. The maximum atomic E-state index is 2.35. The van der Waals surface area contributed by atoms with Gasteiger partial charge in [0.25, 0.3) is 0 Å². The molecule has 0 saturated heterocycles. The molecule has 0 aliphatic heterocycles. The third-order valence-corrected chi connectivity index (χ3v) is 5.80. The Morgan fingerprint density at radius 3 is 1.83 bits per heavy atom. The minimum atomic E-state index is 1.10. The van der Waals surface area contributed by atoms with Crippen LogP contribution in [0.5, 0.6) is 0 Å². The summed E-state index contributed by atoms with van der Waals surface area (Å²) in [6.07, 6.45) is 18.2. The molecule has 0 heterocycles. The maximum absolute atomic E-state index is 2.35. The lowest BCUT2D eigenvalue weighted by molar-refractivity contribution is 0.114. The smallest absolute Gasteiger partial charge is 0.0383 e. The molecule has 18 heavy (non-hydrogen) atoms. The molecule has 2 aliphatic carbocycles. The standard InChI is InChI=1S/C18H34/c1-3-5-7-10-16-14-18-12-8-11-17(18)13-15(16)9-6-4-2/h15-18H,3-14H2,1-2H3. The van der Waals surface area contributed by atoms with Gasteiger partial charge in [-0.1, -0.05) is 78.1 Å². The molecule has 0 aromatic carbocycles. The molecule has 0 bridgehead atoms. The lowest BCUT2D eigenvalue weighted by Crippen LogP contribution is -2.29. The number of rotatable bonds is 7. The van der Waals surface area contributed by atoms with Gasteiger partial charge < -0.3 is 0 Å². The van der Waals surface area contributed by atoms with Gasteiger partial charge >= 0.3 is 0 Å². The molecule has 4 atom stereocenters. The summed E-state index contributed by atoms with van der Waals surface area (Å²) < 4.78 is 0. The fourth-order valence-corrected chi connectivity index (χ4v) is 4.73. The van der Waals surface area contributed by atoms with Crippen molar-refractivity contribution in [3.8, 4) is 0 Å². The molecule has 0 spiro atoms. The van der Waals surface area contributed by atoms with E-state index in [-0.39, 0.29) is 0 Å². The molecule has 2 aliphatic rings. The molecule has 2 saturated carbocycles. The summed E-state index contributed by atoms with van der Waals surface area (Å²) in [5.74, 6) is 4.47. The highest BCUT2D eigenvalue weighted by Crippen LogP contribution is 2.49. The third-order valence-electron chi connectivity index (χ3n) is 5.80. The molecule has 106 valence electrons. The first-order chi connectivity index (χ1) is 8.85. The topological polar surface area (TPSA) is 0 Å². The van der Waals surface area contributed by atoms with Crippen molar-refractivity contribution in [1.82, 2.24) is 0 Å². The zero-order chi connectivity index (χ0) is 12.8. The summed E-state index contributed by atoms with van der Waals surface area (Å²) >= 11 is 0. The molecule has 2 rings (SSSR count). The van der Waals surface area contributed by atoms with Crippen molar-refractivity contribution in [2.45, 2.75) is 90.9 Å². The van der Waals surface area contributed by atoms with Crippen molar-refractivity contribution in [2.24, 2.45) is 23.7 Å². The van der Waals surface area contributed by atoms with E-state index < -0.39 is 0 Å². The van der Waals surface area contributed by atoms with E-state index in [1.54, 1.807) is 32.1 Å². The summed E-state index contributed by atoms with van der Waals surface area (Å²) in [4.78, 5) is 0. The van der Waals surface area contributed by atoms with Crippen molar-refractivity contribution in [3.05, 3.63) is 0 Å². The molecular formula is C18H34. The van der Waals surface area contributed by atoms with Gasteiger partial charge in [0.1, 0.15) is 0 Å². The molecule has 4 unspecified atom stereocenters. The van der Waals surface area contributed by atoms with Gasteiger partial charge in [-0.3, -0.25) is 0 Å². The Balaban J connectivity index is 1.85. The van der Waals surface area contributed by atoms with Crippen molar-refractivity contribution in [3.63, 3.8) is 0 Å². The average molecular weight is 250 g/mol. The van der Waals surface area contributed by atoms with Gasteiger partial charge in [0.15, 0.2) is 0 Å². The predicted molar refractivity (Wildman–Crippen MR) is 80.7 cm³/mol. The van der Waals surface area contributed by atoms with E-state index in [2.05, 4.69) is 13.8 Å². The molecule has 0 amide bonds. The fourth-order valence-electron chi connectivity index (χ4n) is 4.73. The van der Waals surface area contributed by atoms with E-state index in [0.29, 0.717) is 0 Å². The predicted octanol–water partition coefficient (Wildman–Crippen LogP) is 6.20. The van der Waals surface area contributed by atoms with Crippen LogP contribution < -0.4 is 0 Å². The number of hydrogen-bond donors (Lipinski definition) is 0. The second-order valence-electron chi connectivity index (χ2n) is 7.08. The third kappa shape index (κ3) is 3.75. The van der Waals surface area contributed by atoms with Gasteiger partial charge in [-0.15, -0.1) is 0 Å². The van der Waals surface area contributed by atoms with Crippen LogP contribution in [0.2, 0.25) is 0 Å². The van der Waals surface area contributed by atoms with Crippen LogP contribution in [-0.4, -0.2) is 0 Å². The SMILES string of the molecule is CCCCCC1CC2CCCC2CC1CCCC. The van der Waals surface area contributed by atoms with Crippen LogP contribution in [0.25, 0.3) is 0 Å². The average Bonchev–Trinajstić information content (AvgIpc) is 2.83. The number of unbranched alkanes of at least 4 members (excludes halogenated alkanes) is 3. The zero-order valence-corrected chi connectivity index (χ0v) is 12.8. The molecule has 0 aromatic rings. The van der Waals surface area contributed by atoms with Gasteiger partial charge in [-0.05, 0) is 36.5 Å². The van der Waals surface area contributed by atoms with Gasteiger partial charge in [0, 0.05) is 0 Å². The Morgan fingerprint density at radius 1 is 0.722 bits per heavy atom. The summed E-state index contributed by atoms with van der Waals surface area (Å²) in [6.45, 7) is 4.69.